The highest BCUT2D eigenvalue weighted by Crippen LogP contribution is 2.51. The minimum Gasteiger partial charge on any atom is -0.111 e. The predicted molar refractivity (Wildman–Crippen MR) is 338 cm³/mol. The van der Waals surface area contributed by atoms with Crippen LogP contribution in [0.3, 0.4) is 0 Å². The second-order valence-electron chi connectivity index (χ2n) is 19.9. The van der Waals surface area contributed by atoms with Crippen LogP contribution in [-0.4, -0.2) is 181 Å². The van der Waals surface area contributed by atoms with Crippen LogP contribution >= 0.6 is 0 Å². The van der Waals surface area contributed by atoms with Crippen LogP contribution < -0.4 is 32.8 Å². The standard InChI is InChI=1S/C44H42B25/c1-15-16(2)21(7)29(22(8)17(15)3)35-31-24(10)19(5)18(4)23(9)30(31)27(13)34-32(35)25(11)20(6)26(12)33(34)36-37-38(39(45)40(59-46)43(36)62(49)50)41(65(68(56)57)69(58)61-48)28(14)42(64(60-47)67(54)55)44(37)63(51)66(52)53/h1-14H3. The number of rotatable bonds is 13. The molecule has 0 atom stereocenters. The Hall–Kier alpha value is -2.28. The molecule has 0 saturated carbocycles. The van der Waals surface area contributed by atoms with Gasteiger partial charge < -0.3 is 0 Å². The smallest absolute Gasteiger partial charge is 0.111 e. The van der Waals surface area contributed by atoms with Gasteiger partial charge in [0.1, 0.15) is 7.85 Å². The van der Waals surface area contributed by atoms with E-state index >= 15 is 0 Å². The van der Waals surface area contributed by atoms with Crippen LogP contribution in [0.2, 0.25) is 0 Å². The Morgan fingerprint density at radius 1 is 0.333 bits per heavy atom. The summed E-state index contributed by atoms with van der Waals surface area (Å²) in [5.74, 6) is 0. The van der Waals surface area contributed by atoms with Crippen molar-refractivity contribution in [2.75, 3.05) is 0 Å². The molecule has 0 aliphatic rings. The first kappa shape index (κ1) is 56.0. The van der Waals surface area contributed by atoms with E-state index in [1.165, 1.54) is 82.3 Å². The van der Waals surface area contributed by atoms with Crippen molar-refractivity contribution in [3.05, 3.63) is 77.9 Å². The van der Waals surface area contributed by atoms with E-state index in [2.05, 4.69) is 90.0 Å². The van der Waals surface area contributed by atoms with Gasteiger partial charge in [-0.25, -0.2) is 0 Å². The summed E-state index contributed by atoms with van der Waals surface area (Å²) < 4.78 is 0. The first-order valence-electron chi connectivity index (χ1n) is 23.8. The molecule has 6 aromatic rings. The van der Waals surface area contributed by atoms with Crippen molar-refractivity contribution in [1.29, 1.82) is 0 Å². The summed E-state index contributed by atoms with van der Waals surface area (Å²) in [6.45, 7) is 26.8. The molecule has 6 rings (SSSR count). The molecule has 25 heteroatoms. The van der Waals surface area contributed by atoms with E-state index in [4.69, 9.17) is 108 Å². The minimum absolute atomic E-state index is 0.235. The molecule has 293 valence electrons. The Bertz CT molecular complexity index is 3060. The predicted octanol–water partition coefficient (Wildman–Crippen LogP) is -1.67. The lowest BCUT2D eigenvalue weighted by Crippen LogP contribution is -2.69. The molecule has 69 heavy (non-hydrogen) atoms. The van der Waals surface area contributed by atoms with Gasteiger partial charge in [-0.05, 0) is 224 Å². The fourth-order valence-electron chi connectivity index (χ4n) is 12.0. The number of fused-ring (bicyclic) bond motifs is 3. The Kier molecular flexibility index (Phi) is 17.0. The van der Waals surface area contributed by atoms with Gasteiger partial charge in [0.15, 0.2) is 0 Å². The Morgan fingerprint density at radius 3 is 1.20 bits per heavy atom. The summed E-state index contributed by atoms with van der Waals surface area (Å²) >= 11 is 0. The van der Waals surface area contributed by atoms with E-state index in [0.29, 0.717) is 49.2 Å². The highest BCUT2D eigenvalue weighted by atomic mass is 14.3. The maximum Gasteiger partial charge on any atom is 0.113 e. The number of hydrogen-bond acceptors (Lipinski definition) is 0. The van der Waals surface area contributed by atoms with Crippen LogP contribution in [0.15, 0.2) is 0 Å². The van der Waals surface area contributed by atoms with E-state index in [9.17, 15) is 0 Å². The molecule has 0 nitrogen and oxygen atoms in total. The van der Waals surface area contributed by atoms with Gasteiger partial charge in [0.25, 0.3) is 0 Å². The lowest BCUT2D eigenvalue weighted by molar-refractivity contribution is 1.18. The molecule has 31 radical (unpaired) electrons. The number of hydrogen-bond donors (Lipinski definition) is 0. The van der Waals surface area contributed by atoms with E-state index in [0.717, 1.165) is 49.5 Å². The average Bonchev–Trinajstić information content (AvgIpc) is 3.29. The first-order valence-corrected chi connectivity index (χ1v) is 23.8. The highest BCUT2D eigenvalue weighted by Gasteiger charge is 2.39. The molecule has 0 N–H and O–H groups in total. The lowest BCUT2D eigenvalue weighted by atomic mass is 8.68. The van der Waals surface area contributed by atoms with Crippen LogP contribution in [0, 0.1) is 96.9 Å². The topological polar surface area (TPSA) is 0 Å². The zero-order valence-corrected chi connectivity index (χ0v) is 43.4. The minimum atomic E-state index is -1.15. The summed E-state index contributed by atoms with van der Waals surface area (Å²) in [7, 11) is 100. The quantitative estimate of drug-likeness (QED) is 0.0966. The van der Waals surface area contributed by atoms with Crippen molar-refractivity contribution in [3.63, 3.8) is 0 Å². The molecule has 6 aromatic carbocycles. The molecule has 0 amide bonds. The van der Waals surface area contributed by atoms with Crippen molar-refractivity contribution in [2.45, 2.75) is 96.9 Å². The number of benzene rings is 6. The molecule has 0 bridgehead atoms. The molecular weight excluding hydrogens is 799 g/mol. The SMILES string of the molecule is [B][B]B([B])B(B([B])[B])c1c(C)c(B([B][B])B([B])[B])c(B([B])B([B])[B])c2c(-c3c(C)c(C)c(C)c4c(-c5c(C)c(C)c(C)c(C)c5C)c5c(C)c(C)c(C)c(C)c5c(C)c34)c(B([B])[B])c([B][B])c([B])c12. The van der Waals surface area contributed by atoms with Crippen molar-refractivity contribution in [1.82, 2.24) is 0 Å². The van der Waals surface area contributed by atoms with Gasteiger partial charge in [0, 0.05) is 140 Å². The largest absolute Gasteiger partial charge is 0.113 e. The van der Waals surface area contributed by atoms with E-state index in [1.807, 2.05) is 6.92 Å². The molecule has 0 saturated heterocycles. The van der Waals surface area contributed by atoms with Gasteiger partial charge in [0.05, 0.1) is 33.1 Å². The maximum atomic E-state index is 7.51. The highest BCUT2D eigenvalue weighted by molar-refractivity contribution is 7.88. The molecule has 0 aliphatic carbocycles. The first-order chi connectivity index (χ1) is 32.1. The zero-order valence-electron chi connectivity index (χ0n) is 43.4. The zero-order chi connectivity index (χ0) is 52.1. The molecule has 0 aromatic heterocycles. The number of aryl methyl sites for hydroxylation is 4. The molecule has 0 unspecified atom stereocenters. The Balaban J connectivity index is 2.23. The summed E-state index contributed by atoms with van der Waals surface area (Å²) in [5.41, 5.74) is 22.5. The molecule has 0 spiro atoms. The van der Waals surface area contributed by atoms with Crippen LogP contribution in [0.1, 0.15) is 77.9 Å². The maximum absolute atomic E-state index is 7.51. The Labute approximate surface area is 440 Å². The second-order valence-corrected chi connectivity index (χ2v) is 19.9. The molecule has 0 fully saturated rings. The summed E-state index contributed by atoms with van der Waals surface area (Å²) in [6, 6.07) is 0. The third kappa shape index (κ3) is 8.64. The van der Waals surface area contributed by atoms with Gasteiger partial charge in [-0.2, -0.15) is 0 Å². The molecule has 0 heterocycles. The summed E-state index contributed by atoms with van der Waals surface area (Å²) in [4.78, 5) is 0. The third-order valence-corrected chi connectivity index (χ3v) is 16.7. The van der Waals surface area contributed by atoms with Gasteiger partial charge in [-0.3, -0.25) is 0 Å². The third-order valence-electron chi connectivity index (χ3n) is 16.7. The van der Waals surface area contributed by atoms with Gasteiger partial charge in [-0.1, -0.05) is 27.4 Å². The van der Waals surface area contributed by atoms with Gasteiger partial charge in [0.2, 0.25) is 0 Å². The normalized spacial score (nSPS) is 11.3. The fourth-order valence-corrected chi connectivity index (χ4v) is 12.0. The summed E-state index contributed by atoms with van der Waals surface area (Å²) in [5, 5.41) is 5.49. The Morgan fingerprint density at radius 2 is 0.768 bits per heavy atom. The van der Waals surface area contributed by atoms with E-state index in [1.54, 1.807) is 0 Å². The summed E-state index contributed by atoms with van der Waals surface area (Å²) in [6.07, 6.45) is -4.09. The van der Waals surface area contributed by atoms with Crippen LogP contribution in [-0.2, 0) is 0 Å². The van der Waals surface area contributed by atoms with E-state index < -0.39 is 51.5 Å². The lowest BCUT2D eigenvalue weighted by Gasteiger charge is -2.39. The monoisotopic (exact) mass is 846 g/mol. The van der Waals surface area contributed by atoms with Gasteiger partial charge in [-0.15, -0.1) is 10.9 Å². The van der Waals surface area contributed by atoms with E-state index in [-0.39, 0.29) is 5.46 Å². The molecular formula is C44H42B25. The fraction of sp³-hybridized carbons (Fsp3) is 0.318. The van der Waals surface area contributed by atoms with Crippen LogP contribution in [0.4, 0.5) is 0 Å². The average molecular weight is 841 g/mol. The van der Waals surface area contributed by atoms with Gasteiger partial charge >= 0.3 is 0 Å². The van der Waals surface area contributed by atoms with Crippen molar-refractivity contribution in [2.24, 2.45) is 0 Å². The van der Waals surface area contributed by atoms with Crippen LogP contribution in [0.25, 0.3) is 54.6 Å². The molecule has 0 aliphatic heterocycles. The second kappa shape index (κ2) is 20.9. The van der Waals surface area contributed by atoms with Crippen molar-refractivity contribution < 1.29 is 0 Å². The van der Waals surface area contributed by atoms with Crippen molar-refractivity contribution >= 4 is 246 Å². The van der Waals surface area contributed by atoms with Crippen molar-refractivity contribution in [3.8, 4) is 22.3 Å². The van der Waals surface area contributed by atoms with Crippen LogP contribution in [0.5, 0.6) is 0 Å².